The number of amides is 2. The van der Waals surface area contributed by atoms with Crippen LogP contribution in [0.2, 0.25) is 0 Å². The summed E-state index contributed by atoms with van der Waals surface area (Å²) in [7, 11) is 0. The van der Waals surface area contributed by atoms with Gasteiger partial charge in [0.05, 0.1) is 23.3 Å². The van der Waals surface area contributed by atoms with E-state index in [1.165, 1.54) is 17.8 Å². The largest absolute Gasteiger partial charge is 0.352 e. The Morgan fingerprint density at radius 1 is 1.18 bits per heavy atom. The predicted octanol–water partition coefficient (Wildman–Crippen LogP) is 3.12. The lowest BCUT2D eigenvalue weighted by molar-refractivity contribution is 0.0650. The van der Waals surface area contributed by atoms with Crippen LogP contribution in [-0.4, -0.2) is 45.0 Å². The van der Waals surface area contributed by atoms with Crippen LogP contribution in [0.3, 0.4) is 0 Å². The van der Waals surface area contributed by atoms with Crippen LogP contribution in [0.4, 0.5) is 0 Å². The number of fused-ring (bicyclic) bond motifs is 2. The van der Waals surface area contributed by atoms with Gasteiger partial charge < -0.3 is 15.2 Å². The van der Waals surface area contributed by atoms with E-state index in [-0.39, 0.29) is 23.4 Å². The Labute approximate surface area is 196 Å². The lowest BCUT2D eigenvalue weighted by Crippen LogP contribution is -2.41. The van der Waals surface area contributed by atoms with Gasteiger partial charge in [-0.1, -0.05) is 24.3 Å². The van der Waals surface area contributed by atoms with E-state index in [0.29, 0.717) is 36.2 Å². The van der Waals surface area contributed by atoms with Gasteiger partial charge in [0.2, 0.25) is 5.56 Å². The van der Waals surface area contributed by atoms with E-state index in [1.54, 1.807) is 12.3 Å². The van der Waals surface area contributed by atoms with E-state index < -0.39 is 0 Å². The highest BCUT2D eigenvalue weighted by Crippen LogP contribution is 2.33. The van der Waals surface area contributed by atoms with Gasteiger partial charge >= 0.3 is 0 Å². The Balaban J connectivity index is 1.37. The number of pyridine rings is 1. The molecule has 1 aliphatic rings. The third kappa shape index (κ3) is 4.10. The standard InChI is InChI=1S/C26H25N5O3/c1-16-12-19-15-29-30-24(19)21(13-16)25(33)28-10-7-22-20-5-3-2-4-17(20)8-11-31(22)26(34)18-6-9-27-23(32)14-18/h2-6,9,12-15,22H,7-8,10-11H2,1H3,(H,27,32)(H,28,33)(H,29,30). The van der Waals surface area contributed by atoms with E-state index in [1.807, 2.05) is 42.2 Å². The summed E-state index contributed by atoms with van der Waals surface area (Å²) in [5.74, 6) is -0.371. The maximum absolute atomic E-state index is 13.3. The fourth-order valence-corrected chi connectivity index (χ4v) is 4.75. The topological polar surface area (TPSA) is 111 Å². The Kier molecular flexibility index (Phi) is 5.71. The van der Waals surface area contributed by atoms with Gasteiger partial charge in [-0.3, -0.25) is 19.5 Å². The van der Waals surface area contributed by atoms with E-state index in [2.05, 4.69) is 26.6 Å². The summed E-state index contributed by atoms with van der Waals surface area (Å²) in [5.41, 5.74) is 4.56. The van der Waals surface area contributed by atoms with Gasteiger partial charge in [0.1, 0.15) is 0 Å². The molecular weight excluding hydrogens is 430 g/mol. The molecule has 4 aromatic rings. The van der Waals surface area contributed by atoms with Crippen LogP contribution < -0.4 is 10.9 Å². The normalized spacial score (nSPS) is 15.2. The molecule has 2 aromatic carbocycles. The zero-order valence-corrected chi connectivity index (χ0v) is 18.8. The van der Waals surface area contributed by atoms with Crippen molar-refractivity contribution in [2.75, 3.05) is 13.1 Å². The molecule has 0 spiro atoms. The number of hydrogen-bond donors (Lipinski definition) is 3. The van der Waals surface area contributed by atoms with Crippen molar-refractivity contribution in [2.45, 2.75) is 25.8 Å². The molecule has 34 heavy (non-hydrogen) atoms. The first-order valence-electron chi connectivity index (χ1n) is 11.3. The first kappa shape index (κ1) is 21.6. The fourth-order valence-electron chi connectivity index (χ4n) is 4.75. The highest BCUT2D eigenvalue weighted by Gasteiger charge is 2.31. The summed E-state index contributed by atoms with van der Waals surface area (Å²) in [6.07, 6.45) is 4.49. The number of H-pyrrole nitrogens is 2. The number of aromatic nitrogens is 3. The summed E-state index contributed by atoms with van der Waals surface area (Å²) in [6.45, 7) is 2.88. The molecule has 1 aliphatic heterocycles. The number of nitrogens with one attached hydrogen (secondary N) is 3. The highest BCUT2D eigenvalue weighted by atomic mass is 16.2. The average molecular weight is 456 g/mol. The number of carbonyl (C=O) groups excluding carboxylic acids is 2. The smallest absolute Gasteiger partial charge is 0.254 e. The Hall–Kier alpha value is -4.20. The summed E-state index contributed by atoms with van der Waals surface area (Å²) < 4.78 is 0. The molecule has 8 heteroatoms. The molecule has 3 N–H and O–H groups in total. The van der Waals surface area contributed by atoms with Crippen LogP contribution >= 0.6 is 0 Å². The Morgan fingerprint density at radius 3 is 2.88 bits per heavy atom. The summed E-state index contributed by atoms with van der Waals surface area (Å²) in [5, 5.41) is 10.9. The van der Waals surface area contributed by atoms with Crippen LogP contribution in [0.25, 0.3) is 10.9 Å². The number of nitrogens with zero attached hydrogens (tertiary/aromatic N) is 2. The van der Waals surface area contributed by atoms with E-state index in [0.717, 1.165) is 22.9 Å². The third-order valence-corrected chi connectivity index (χ3v) is 6.34. The van der Waals surface area contributed by atoms with Crippen molar-refractivity contribution >= 4 is 22.7 Å². The van der Waals surface area contributed by atoms with Crippen LogP contribution in [0, 0.1) is 6.92 Å². The van der Waals surface area contributed by atoms with Gasteiger partial charge in [-0.05, 0) is 54.7 Å². The second-order valence-electron chi connectivity index (χ2n) is 8.60. The van der Waals surface area contributed by atoms with Gasteiger partial charge in [0.25, 0.3) is 11.8 Å². The third-order valence-electron chi connectivity index (χ3n) is 6.34. The molecule has 2 amide bonds. The Bertz CT molecular complexity index is 1440. The summed E-state index contributed by atoms with van der Waals surface area (Å²) in [6, 6.07) is 14.6. The van der Waals surface area contributed by atoms with Crippen molar-refractivity contribution < 1.29 is 9.59 Å². The van der Waals surface area contributed by atoms with Gasteiger partial charge in [-0.25, -0.2) is 0 Å². The lowest BCUT2D eigenvalue weighted by Gasteiger charge is -2.37. The molecular formula is C26H25N5O3. The molecule has 0 radical (unpaired) electrons. The number of carbonyl (C=O) groups is 2. The Morgan fingerprint density at radius 2 is 2.03 bits per heavy atom. The first-order valence-corrected chi connectivity index (χ1v) is 11.3. The molecule has 1 atom stereocenters. The summed E-state index contributed by atoms with van der Waals surface area (Å²) >= 11 is 0. The molecule has 0 fully saturated rings. The molecule has 172 valence electrons. The number of aryl methyl sites for hydroxylation is 1. The molecule has 0 aliphatic carbocycles. The van der Waals surface area contributed by atoms with Gasteiger partial charge in [0, 0.05) is 36.3 Å². The molecule has 2 aromatic heterocycles. The SMILES string of the molecule is Cc1cc(C(=O)NCCC2c3ccccc3CCN2C(=O)c2cc[nH]c(=O)c2)c2[nH]ncc2c1. The zero-order valence-electron chi connectivity index (χ0n) is 18.8. The van der Waals surface area contributed by atoms with E-state index in [4.69, 9.17) is 0 Å². The lowest BCUT2D eigenvalue weighted by atomic mass is 9.90. The molecule has 8 nitrogen and oxygen atoms in total. The van der Waals surface area contributed by atoms with Crippen LogP contribution in [-0.2, 0) is 6.42 Å². The number of rotatable bonds is 5. The van der Waals surface area contributed by atoms with Crippen molar-refractivity contribution in [1.82, 2.24) is 25.4 Å². The van der Waals surface area contributed by atoms with Crippen LogP contribution in [0.15, 0.2) is 65.7 Å². The monoisotopic (exact) mass is 455 g/mol. The minimum Gasteiger partial charge on any atom is -0.352 e. The number of aromatic amines is 2. The van der Waals surface area contributed by atoms with E-state index in [9.17, 15) is 14.4 Å². The van der Waals surface area contributed by atoms with E-state index >= 15 is 0 Å². The number of benzene rings is 2. The second-order valence-corrected chi connectivity index (χ2v) is 8.60. The van der Waals surface area contributed by atoms with Crippen molar-refractivity contribution in [3.8, 4) is 0 Å². The van der Waals surface area contributed by atoms with Crippen molar-refractivity contribution in [3.05, 3.63) is 99.1 Å². The van der Waals surface area contributed by atoms with Crippen LogP contribution in [0.1, 0.15) is 49.9 Å². The van der Waals surface area contributed by atoms with Crippen molar-refractivity contribution in [1.29, 1.82) is 0 Å². The molecule has 5 rings (SSSR count). The summed E-state index contributed by atoms with van der Waals surface area (Å²) in [4.78, 5) is 42.4. The molecule has 0 saturated heterocycles. The molecule has 0 saturated carbocycles. The fraction of sp³-hybridized carbons (Fsp3) is 0.231. The quantitative estimate of drug-likeness (QED) is 0.429. The minimum atomic E-state index is -0.310. The van der Waals surface area contributed by atoms with Crippen LogP contribution in [0.5, 0.6) is 0 Å². The maximum Gasteiger partial charge on any atom is 0.254 e. The molecule has 0 bridgehead atoms. The van der Waals surface area contributed by atoms with Gasteiger partial charge in [-0.15, -0.1) is 0 Å². The zero-order chi connectivity index (χ0) is 23.7. The molecule has 3 heterocycles. The second kappa shape index (κ2) is 8.97. The average Bonchev–Trinajstić information content (AvgIpc) is 3.31. The first-order chi connectivity index (χ1) is 16.5. The van der Waals surface area contributed by atoms with Gasteiger partial charge in [0.15, 0.2) is 0 Å². The highest BCUT2D eigenvalue weighted by molar-refractivity contribution is 6.05. The van der Waals surface area contributed by atoms with Gasteiger partial charge in [-0.2, -0.15) is 5.10 Å². The van der Waals surface area contributed by atoms with Crippen molar-refractivity contribution in [2.24, 2.45) is 0 Å². The van der Waals surface area contributed by atoms with Crippen molar-refractivity contribution in [3.63, 3.8) is 0 Å². The number of hydrogen-bond acceptors (Lipinski definition) is 4. The minimum absolute atomic E-state index is 0.185. The maximum atomic E-state index is 13.3. The molecule has 1 unspecified atom stereocenters. The predicted molar refractivity (Wildman–Crippen MR) is 129 cm³/mol.